The number of nitrogens with zero attached hydrogens (tertiary/aromatic N) is 5. The van der Waals surface area contributed by atoms with Crippen LogP contribution in [0.1, 0.15) is 19.4 Å². The number of piperazine rings is 1. The predicted octanol–water partition coefficient (Wildman–Crippen LogP) is 4.46. The van der Waals surface area contributed by atoms with Crippen LogP contribution in [0.15, 0.2) is 30.6 Å². The minimum Gasteiger partial charge on any atom is -0.447 e. The minimum absolute atomic E-state index is 0.195. The van der Waals surface area contributed by atoms with E-state index in [1.165, 1.54) is 6.07 Å². The second-order valence-corrected chi connectivity index (χ2v) is 9.78. The van der Waals surface area contributed by atoms with Gasteiger partial charge in [0.1, 0.15) is 17.5 Å². The molecule has 11 heteroatoms. The zero-order valence-electron chi connectivity index (χ0n) is 21.8. The minimum atomic E-state index is -0.694. The van der Waals surface area contributed by atoms with E-state index < -0.39 is 11.6 Å². The summed E-state index contributed by atoms with van der Waals surface area (Å²) >= 11 is 0. The van der Waals surface area contributed by atoms with Crippen LogP contribution in [0.5, 0.6) is 0 Å². The normalized spacial score (nSPS) is 16.3. The first-order valence-corrected chi connectivity index (χ1v) is 12.8. The monoisotopic (exact) mass is 526 g/mol. The van der Waals surface area contributed by atoms with Crippen molar-refractivity contribution in [2.24, 2.45) is 0 Å². The van der Waals surface area contributed by atoms with Crippen molar-refractivity contribution >= 4 is 39.9 Å². The number of amides is 1. The molecule has 1 aromatic carbocycles. The molecule has 0 spiro atoms. The third-order valence-electron chi connectivity index (χ3n) is 6.76. The van der Waals surface area contributed by atoms with Crippen molar-refractivity contribution in [1.29, 1.82) is 0 Å². The van der Waals surface area contributed by atoms with Gasteiger partial charge in [0.25, 0.3) is 0 Å². The van der Waals surface area contributed by atoms with Gasteiger partial charge in [0.15, 0.2) is 0 Å². The van der Waals surface area contributed by atoms with Crippen LogP contribution in [0, 0.1) is 18.6 Å². The fourth-order valence-electron chi connectivity index (χ4n) is 4.87. The Bertz CT molecular complexity index is 1320. The fraction of sp³-hybridized carbons (Fsp3) is 0.444. The smallest absolute Gasteiger partial charge is 0.410 e. The number of carbonyl (C=O) groups is 1. The highest BCUT2D eigenvalue weighted by Gasteiger charge is 2.27. The van der Waals surface area contributed by atoms with Gasteiger partial charge in [-0.05, 0) is 26.8 Å². The maximum Gasteiger partial charge on any atom is 0.410 e. The van der Waals surface area contributed by atoms with E-state index >= 15 is 4.39 Å². The Morgan fingerprint density at radius 3 is 2.47 bits per heavy atom. The molecule has 3 aromatic rings. The number of aromatic nitrogens is 2. The summed E-state index contributed by atoms with van der Waals surface area (Å²) in [6.45, 7) is 10.2. The van der Waals surface area contributed by atoms with E-state index in [1.54, 1.807) is 17.3 Å². The molecule has 2 aliphatic heterocycles. The predicted molar refractivity (Wildman–Crippen MR) is 142 cm³/mol. The van der Waals surface area contributed by atoms with Gasteiger partial charge in [-0.15, -0.1) is 0 Å². The molecule has 2 fully saturated rings. The van der Waals surface area contributed by atoms with Gasteiger partial charge in [0, 0.05) is 57.0 Å². The molecule has 2 aromatic heterocycles. The maximum absolute atomic E-state index is 15.1. The van der Waals surface area contributed by atoms with Crippen LogP contribution in [0.3, 0.4) is 0 Å². The Morgan fingerprint density at radius 1 is 1.03 bits per heavy atom. The van der Waals surface area contributed by atoms with Crippen LogP contribution in [0.25, 0.3) is 10.9 Å². The molecule has 0 aliphatic carbocycles. The van der Waals surface area contributed by atoms with E-state index in [0.717, 1.165) is 30.4 Å². The van der Waals surface area contributed by atoms with E-state index in [2.05, 4.69) is 20.2 Å². The lowest BCUT2D eigenvalue weighted by molar-refractivity contribution is 0.0751. The van der Waals surface area contributed by atoms with Crippen LogP contribution in [-0.2, 0) is 9.47 Å². The molecule has 0 bridgehead atoms. The van der Waals surface area contributed by atoms with Gasteiger partial charge in [0.2, 0.25) is 0 Å². The largest absolute Gasteiger partial charge is 0.447 e. The zero-order chi connectivity index (χ0) is 26.8. The summed E-state index contributed by atoms with van der Waals surface area (Å²) in [5.74, 6) is -0.775. The number of rotatable bonds is 5. The van der Waals surface area contributed by atoms with E-state index in [-0.39, 0.29) is 23.1 Å². The van der Waals surface area contributed by atoms with Crippen LogP contribution < -0.4 is 15.1 Å². The number of anilines is 4. The summed E-state index contributed by atoms with van der Waals surface area (Å²) in [6.07, 6.45) is 2.93. The molecule has 2 saturated heterocycles. The van der Waals surface area contributed by atoms with Crippen molar-refractivity contribution in [3.63, 3.8) is 0 Å². The summed E-state index contributed by atoms with van der Waals surface area (Å²) in [5, 5.41) is 3.56. The third-order valence-corrected chi connectivity index (χ3v) is 6.76. The number of nitrogens with one attached hydrogen (secondary N) is 1. The van der Waals surface area contributed by atoms with Gasteiger partial charge >= 0.3 is 6.09 Å². The van der Waals surface area contributed by atoms with Gasteiger partial charge in [-0.25, -0.2) is 18.6 Å². The first kappa shape index (κ1) is 25.9. The van der Waals surface area contributed by atoms with Crippen LogP contribution in [-0.4, -0.2) is 79.5 Å². The molecule has 38 heavy (non-hydrogen) atoms. The Balaban J connectivity index is 1.47. The number of hydrogen-bond acceptors (Lipinski definition) is 8. The molecular formula is C27H32F2N6O3. The zero-order valence-corrected chi connectivity index (χ0v) is 21.8. The number of morpholine rings is 1. The number of hydrogen-bond donors (Lipinski definition) is 1. The van der Waals surface area contributed by atoms with Crippen molar-refractivity contribution in [2.75, 3.05) is 67.6 Å². The van der Waals surface area contributed by atoms with Gasteiger partial charge in [-0.1, -0.05) is 0 Å². The lowest BCUT2D eigenvalue weighted by atomic mass is 10.1. The van der Waals surface area contributed by atoms with E-state index in [0.29, 0.717) is 56.6 Å². The van der Waals surface area contributed by atoms with Crippen LogP contribution in [0.4, 0.5) is 36.5 Å². The molecule has 2 aliphatic rings. The molecule has 0 radical (unpaired) electrons. The summed E-state index contributed by atoms with van der Waals surface area (Å²) in [5.41, 5.74) is 3.05. The molecule has 0 atom stereocenters. The maximum atomic E-state index is 15.1. The molecule has 1 amide bonds. The second kappa shape index (κ2) is 10.9. The van der Waals surface area contributed by atoms with E-state index in [1.807, 2.05) is 31.7 Å². The fourth-order valence-corrected chi connectivity index (χ4v) is 4.87. The van der Waals surface area contributed by atoms with Crippen molar-refractivity contribution in [2.45, 2.75) is 26.9 Å². The molecule has 0 saturated carbocycles. The summed E-state index contributed by atoms with van der Waals surface area (Å²) in [7, 11) is 0. The highest BCUT2D eigenvalue weighted by molar-refractivity contribution is 5.97. The van der Waals surface area contributed by atoms with Crippen LogP contribution >= 0.6 is 0 Å². The summed E-state index contributed by atoms with van der Waals surface area (Å²) in [6, 6.07) is 4.07. The summed E-state index contributed by atoms with van der Waals surface area (Å²) < 4.78 is 40.2. The first-order valence-electron chi connectivity index (χ1n) is 12.8. The highest BCUT2D eigenvalue weighted by atomic mass is 19.1. The molecule has 202 valence electrons. The number of ether oxygens (including phenoxy) is 2. The lowest BCUT2D eigenvalue weighted by Gasteiger charge is -2.36. The van der Waals surface area contributed by atoms with Gasteiger partial charge in [-0.3, -0.25) is 4.98 Å². The number of carbonyl (C=O) groups excluding carboxylic acids is 1. The highest BCUT2D eigenvalue weighted by Crippen LogP contribution is 2.37. The topological polar surface area (TPSA) is 83.1 Å². The number of halogens is 2. The van der Waals surface area contributed by atoms with Crippen molar-refractivity contribution in [3.8, 4) is 0 Å². The van der Waals surface area contributed by atoms with Crippen molar-refractivity contribution in [3.05, 3.63) is 47.8 Å². The third kappa shape index (κ3) is 5.42. The molecule has 5 rings (SSSR count). The van der Waals surface area contributed by atoms with Crippen molar-refractivity contribution < 1.29 is 23.0 Å². The molecule has 9 nitrogen and oxygen atoms in total. The second-order valence-electron chi connectivity index (χ2n) is 9.78. The Labute approximate surface area is 220 Å². The first-order chi connectivity index (χ1) is 18.3. The average molecular weight is 527 g/mol. The van der Waals surface area contributed by atoms with E-state index in [4.69, 9.17) is 9.47 Å². The Morgan fingerprint density at radius 2 is 1.76 bits per heavy atom. The molecule has 4 heterocycles. The van der Waals surface area contributed by atoms with Gasteiger partial charge in [-0.2, -0.15) is 0 Å². The van der Waals surface area contributed by atoms with Gasteiger partial charge in [0.05, 0.1) is 59.7 Å². The SMILES string of the molecule is Cc1c(N2CCN(C(=O)OC(C)C)CC2)nc2cc(F)cc(F)c2c1Nc1cncc(N2CCOCC2)c1. The van der Waals surface area contributed by atoms with Crippen LogP contribution in [0.2, 0.25) is 0 Å². The lowest BCUT2D eigenvalue weighted by Crippen LogP contribution is -2.49. The average Bonchev–Trinajstić information content (AvgIpc) is 2.90. The number of benzene rings is 1. The van der Waals surface area contributed by atoms with Crippen molar-refractivity contribution in [1.82, 2.24) is 14.9 Å². The molecular weight excluding hydrogens is 494 g/mol. The Hall–Kier alpha value is -3.73. The molecule has 0 unspecified atom stereocenters. The standard InChI is InChI=1S/C27H32F2N6O3/c1-17(2)38-27(36)35-6-4-34(5-7-35)26-18(3)25(24-22(29)12-19(28)13-23(24)32-26)31-20-14-21(16-30-15-20)33-8-10-37-11-9-33/h12-17H,4-11H2,1-3H3,(H,31,32). The summed E-state index contributed by atoms with van der Waals surface area (Å²) in [4.78, 5) is 27.3. The number of fused-ring (bicyclic) bond motifs is 1. The molecule has 1 N–H and O–H groups in total. The quantitative estimate of drug-likeness (QED) is 0.522. The van der Waals surface area contributed by atoms with Gasteiger partial charge < -0.3 is 29.5 Å². The number of pyridine rings is 2. The van der Waals surface area contributed by atoms with E-state index in [9.17, 15) is 9.18 Å². The Kier molecular flexibility index (Phi) is 7.46.